The van der Waals surface area contributed by atoms with Crippen LogP contribution in [0.5, 0.6) is 0 Å². The largest absolute Gasteiger partial charge is 0.469 e. The van der Waals surface area contributed by atoms with Crippen molar-refractivity contribution in [3.05, 3.63) is 12.2 Å². The highest BCUT2D eigenvalue weighted by molar-refractivity contribution is 7.99. The molecule has 0 bridgehead atoms. The van der Waals surface area contributed by atoms with Crippen LogP contribution in [-0.4, -0.2) is 35.8 Å². The van der Waals surface area contributed by atoms with Gasteiger partial charge in [0.15, 0.2) is 0 Å². The molecule has 0 aliphatic heterocycles. The molecule has 4 heteroatoms. The molecule has 0 aromatic rings. The molecular weight excluding hydrogens is 320 g/mol. The number of aliphatic hydroxyl groups is 1. The van der Waals surface area contributed by atoms with Crippen LogP contribution in [0.15, 0.2) is 12.2 Å². The number of methoxy groups -OCH3 is 1. The summed E-state index contributed by atoms with van der Waals surface area (Å²) in [6, 6.07) is 0. The number of ether oxygens (including phenoxy) is 1. The lowest BCUT2D eigenvalue weighted by Gasteiger charge is -2.04. The van der Waals surface area contributed by atoms with Crippen molar-refractivity contribution in [3.63, 3.8) is 0 Å². The molecule has 0 unspecified atom stereocenters. The maximum absolute atomic E-state index is 10.9. The van der Waals surface area contributed by atoms with Crippen molar-refractivity contribution < 1.29 is 14.6 Å². The summed E-state index contributed by atoms with van der Waals surface area (Å²) in [5.41, 5.74) is 0. The number of allylic oxidation sites excluding steroid dienone is 1. The number of esters is 1. The second-order valence-corrected chi connectivity index (χ2v) is 7.56. The highest BCUT2D eigenvalue weighted by Gasteiger charge is 1.99. The molecule has 1 N–H and O–H groups in total. The average Bonchev–Trinajstić information content (AvgIpc) is 2.59. The quantitative estimate of drug-likeness (QED) is 0.211. The van der Waals surface area contributed by atoms with Crippen molar-refractivity contribution in [2.45, 2.75) is 90.1 Å². The van der Waals surface area contributed by atoms with Gasteiger partial charge in [-0.25, -0.2) is 0 Å². The van der Waals surface area contributed by atoms with E-state index in [1.54, 1.807) is 0 Å². The number of thioether (sulfide) groups is 1. The van der Waals surface area contributed by atoms with Crippen LogP contribution in [0.3, 0.4) is 0 Å². The van der Waals surface area contributed by atoms with E-state index in [-0.39, 0.29) is 12.1 Å². The maximum Gasteiger partial charge on any atom is 0.305 e. The Bertz CT molecular complexity index is 305. The first kappa shape index (κ1) is 23.5. The van der Waals surface area contributed by atoms with Crippen LogP contribution in [0.4, 0.5) is 0 Å². The molecule has 3 nitrogen and oxygen atoms in total. The summed E-state index contributed by atoms with van der Waals surface area (Å²) in [6.07, 6.45) is 17.2. The normalized spacial score (nSPS) is 12.6. The van der Waals surface area contributed by atoms with Crippen molar-refractivity contribution in [3.8, 4) is 0 Å². The van der Waals surface area contributed by atoms with Crippen LogP contribution in [-0.2, 0) is 9.53 Å². The van der Waals surface area contributed by atoms with Crippen LogP contribution in [0.25, 0.3) is 0 Å². The van der Waals surface area contributed by atoms with Gasteiger partial charge in [0.05, 0.1) is 13.2 Å². The molecule has 0 saturated carbocycles. The van der Waals surface area contributed by atoms with E-state index in [4.69, 9.17) is 0 Å². The molecule has 0 aliphatic carbocycles. The van der Waals surface area contributed by atoms with Crippen molar-refractivity contribution in [2.24, 2.45) is 0 Å². The molecule has 0 spiro atoms. The van der Waals surface area contributed by atoms with Gasteiger partial charge in [0.2, 0.25) is 0 Å². The third kappa shape index (κ3) is 17.9. The standard InChI is InChI=1S/C20H38O3S/c1-3-4-14-19(21)15-10-8-6-5-7-9-12-17-24-18-13-11-16-20(22)23-2/h10,15,19,21H,3-9,11-14,16-18H2,1-2H3/b15-10-/t19-/m1/s1. The Morgan fingerprint density at radius 3 is 2.42 bits per heavy atom. The van der Waals surface area contributed by atoms with E-state index >= 15 is 0 Å². The molecule has 24 heavy (non-hydrogen) atoms. The summed E-state index contributed by atoms with van der Waals surface area (Å²) in [5, 5.41) is 9.69. The average molecular weight is 359 g/mol. The van der Waals surface area contributed by atoms with Crippen molar-refractivity contribution in [1.82, 2.24) is 0 Å². The van der Waals surface area contributed by atoms with Crippen LogP contribution >= 0.6 is 11.8 Å². The van der Waals surface area contributed by atoms with E-state index in [0.717, 1.165) is 44.3 Å². The summed E-state index contributed by atoms with van der Waals surface area (Å²) in [7, 11) is 1.45. The Kier molecular flexibility index (Phi) is 18.5. The van der Waals surface area contributed by atoms with Crippen LogP contribution < -0.4 is 0 Å². The van der Waals surface area contributed by atoms with Crippen molar-refractivity contribution >= 4 is 17.7 Å². The Hall–Kier alpha value is -0.480. The zero-order valence-corrected chi connectivity index (χ0v) is 16.6. The molecule has 0 aromatic heterocycles. The number of unbranched alkanes of at least 4 members (excludes halogenated alkanes) is 7. The van der Waals surface area contributed by atoms with Crippen LogP contribution in [0.1, 0.15) is 84.0 Å². The highest BCUT2D eigenvalue weighted by Crippen LogP contribution is 2.12. The predicted octanol–water partition coefficient (Wildman–Crippen LogP) is 5.51. The molecule has 0 aliphatic rings. The lowest BCUT2D eigenvalue weighted by molar-refractivity contribution is -0.140. The number of hydrogen-bond donors (Lipinski definition) is 1. The van der Waals surface area contributed by atoms with Crippen molar-refractivity contribution in [1.29, 1.82) is 0 Å². The number of carbonyl (C=O) groups excluding carboxylic acids is 1. The highest BCUT2D eigenvalue weighted by atomic mass is 32.2. The van der Waals surface area contributed by atoms with Gasteiger partial charge >= 0.3 is 5.97 Å². The molecule has 0 fully saturated rings. The number of aliphatic hydroxyl groups excluding tert-OH is 1. The van der Waals surface area contributed by atoms with E-state index in [1.165, 1.54) is 45.0 Å². The second-order valence-electron chi connectivity index (χ2n) is 6.34. The van der Waals surface area contributed by atoms with Gasteiger partial charge in [-0.15, -0.1) is 0 Å². The molecule has 1 atom stereocenters. The summed E-state index contributed by atoms with van der Waals surface area (Å²) < 4.78 is 4.62. The summed E-state index contributed by atoms with van der Waals surface area (Å²) in [5.74, 6) is 2.30. The SMILES string of the molecule is CCCC[C@@H](O)/C=C\CCCCCCCSCCCCC(=O)OC. The summed E-state index contributed by atoms with van der Waals surface area (Å²) in [6.45, 7) is 2.15. The summed E-state index contributed by atoms with van der Waals surface area (Å²) >= 11 is 2.00. The fourth-order valence-electron chi connectivity index (χ4n) is 2.44. The first-order valence-electron chi connectivity index (χ1n) is 9.70. The lowest BCUT2D eigenvalue weighted by atomic mass is 10.1. The molecule has 0 rings (SSSR count). The molecule has 0 saturated heterocycles. The van der Waals surface area contributed by atoms with Gasteiger partial charge in [-0.1, -0.05) is 51.2 Å². The topological polar surface area (TPSA) is 46.5 Å². The Labute approximate surface area is 153 Å². The molecule has 0 radical (unpaired) electrons. The zero-order chi connectivity index (χ0) is 17.9. The molecule has 142 valence electrons. The van der Waals surface area contributed by atoms with Gasteiger partial charge in [-0.05, 0) is 50.0 Å². The van der Waals surface area contributed by atoms with Gasteiger partial charge in [-0.2, -0.15) is 11.8 Å². The first-order chi connectivity index (χ1) is 11.7. The molecule has 0 aromatic carbocycles. The van der Waals surface area contributed by atoms with E-state index < -0.39 is 0 Å². The van der Waals surface area contributed by atoms with Gasteiger partial charge in [0.25, 0.3) is 0 Å². The van der Waals surface area contributed by atoms with E-state index in [2.05, 4.69) is 17.7 Å². The number of hydrogen-bond acceptors (Lipinski definition) is 4. The lowest BCUT2D eigenvalue weighted by Crippen LogP contribution is -2.00. The van der Waals surface area contributed by atoms with Crippen molar-refractivity contribution in [2.75, 3.05) is 18.6 Å². The minimum Gasteiger partial charge on any atom is -0.469 e. The maximum atomic E-state index is 10.9. The monoisotopic (exact) mass is 358 g/mol. The van der Waals surface area contributed by atoms with Crippen LogP contribution in [0.2, 0.25) is 0 Å². The fraction of sp³-hybridized carbons (Fsp3) is 0.850. The second kappa shape index (κ2) is 18.9. The van der Waals surface area contributed by atoms with E-state index in [9.17, 15) is 9.90 Å². The van der Waals surface area contributed by atoms with E-state index in [0.29, 0.717) is 6.42 Å². The van der Waals surface area contributed by atoms with Gasteiger partial charge < -0.3 is 9.84 Å². The Morgan fingerprint density at radius 2 is 1.71 bits per heavy atom. The Morgan fingerprint density at radius 1 is 1.04 bits per heavy atom. The van der Waals surface area contributed by atoms with Gasteiger partial charge in [0, 0.05) is 6.42 Å². The van der Waals surface area contributed by atoms with Gasteiger partial charge in [-0.3, -0.25) is 4.79 Å². The Balaban J connectivity index is 3.17. The number of rotatable bonds is 17. The summed E-state index contributed by atoms with van der Waals surface area (Å²) in [4.78, 5) is 10.9. The molecule has 0 heterocycles. The van der Waals surface area contributed by atoms with Crippen LogP contribution in [0, 0.1) is 0 Å². The van der Waals surface area contributed by atoms with Gasteiger partial charge in [0.1, 0.15) is 0 Å². The van der Waals surface area contributed by atoms with E-state index in [1.807, 2.05) is 17.8 Å². The zero-order valence-electron chi connectivity index (χ0n) is 15.8. The predicted molar refractivity (Wildman–Crippen MR) is 106 cm³/mol. The third-order valence-electron chi connectivity index (χ3n) is 4.02. The molecular formula is C20H38O3S. The fourth-order valence-corrected chi connectivity index (χ4v) is 3.46. The third-order valence-corrected chi connectivity index (χ3v) is 5.17. The minimum absolute atomic E-state index is 0.0923. The smallest absolute Gasteiger partial charge is 0.305 e. The minimum atomic E-state index is -0.241. The number of carbonyl (C=O) groups is 1. The molecule has 0 amide bonds. The first-order valence-corrected chi connectivity index (χ1v) is 10.9.